The molecule has 0 unspecified atom stereocenters. The number of halogens is 2. The van der Waals surface area contributed by atoms with Crippen LogP contribution in [0.15, 0.2) is 45.8 Å². The van der Waals surface area contributed by atoms with Gasteiger partial charge in [0.2, 0.25) is 10.0 Å². The van der Waals surface area contributed by atoms with Crippen LogP contribution in [0.25, 0.3) is 0 Å². The van der Waals surface area contributed by atoms with Gasteiger partial charge in [-0.2, -0.15) is 0 Å². The van der Waals surface area contributed by atoms with Gasteiger partial charge in [-0.05, 0) is 42.8 Å². The maximum Gasteiger partial charge on any atom is 0.241 e. The summed E-state index contributed by atoms with van der Waals surface area (Å²) < 4.78 is 42.5. The normalized spacial score (nSPS) is 11.4. The van der Waals surface area contributed by atoms with Gasteiger partial charge in [-0.3, -0.25) is 0 Å². The highest BCUT2D eigenvalue weighted by Crippen LogP contribution is 2.26. The Kier molecular flexibility index (Phi) is 4.65. The van der Waals surface area contributed by atoms with Crippen molar-refractivity contribution in [3.63, 3.8) is 0 Å². The van der Waals surface area contributed by atoms with Crippen LogP contribution in [0.3, 0.4) is 0 Å². The fourth-order valence-corrected chi connectivity index (χ4v) is 2.88. The lowest BCUT2D eigenvalue weighted by Gasteiger charge is -2.12. The van der Waals surface area contributed by atoms with Crippen LogP contribution in [-0.4, -0.2) is 8.42 Å². The van der Waals surface area contributed by atoms with Crippen molar-refractivity contribution < 1.29 is 17.5 Å². The number of rotatable bonds is 4. The number of sulfonamides is 1. The molecule has 0 spiro atoms. The summed E-state index contributed by atoms with van der Waals surface area (Å²) >= 11 is 3.28. The largest absolute Gasteiger partial charge is 0.487 e. The van der Waals surface area contributed by atoms with Gasteiger partial charge in [0.15, 0.2) is 0 Å². The summed E-state index contributed by atoms with van der Waals surface area (Å²) in [5.74, 6) is -0.258. The summed E-state index contributed by atoms with van der Waals surface area (Å²) in [7, 11) is -3.89. The Labute approximate surface area is 130 Å². The van der Waals surface area contributed by atoms with E-state index >= 15 is 0 Å². The first-order chi connectivity index (χ1) is 9.77. The SMILES string of the molecule is Cc1ccc(OCc2cc(F)ccc2Br)c(S(N)(=O)=O)c1. The molecule has 0 aromatic heterocycles. The summed E-state index contributed by atoms with van der Waals surface area (Å²) in [6.45, 7) is 1.77. The van der Waals surface area contributed by atoms with Crippen molar-refractivity contribution in [1.29, 1.82) is 0 Å². The fraction of sp³-hybridized carbons (Fsp3) is 0.143. The van der Waals surface area contributed by atoms with Crippen LogP contribution in [0.2, 0.25) is 0 Å². The van der Waals surface area contributed by atoms with Crippen molar-refractivity contribution in [1.82, 2.24) is 0 Å². The Hall–Kier alpha value is -1.44. The molecule has 2 aromatic carbocycles. The lowest BCUT2D eigenvalue weighted by molar-refractivity contribution is 0.296. The van der Waals surface area contributed by atoms with Crippen molar-refractivity contribution in [2.24, 2.45) is 5.14 Å². The van der Waals surface area contributed by atoms with E-state index in [9.17, 15) is 12.8 Å². The highest BCUT2D eigenvalue weighted by Gasteiger charge is 2.16. The Bertz CT molecular complexity index is 778. The lowest BCUT2D eigenvalue weighted by Crippen LogP contribution is -2.14. The smallest absolute Gasteiger partial charge is 0.241 e. The number of nitrogens with two attached hydrogens (primary N) is 1. The topological polar surface area (TPSA) is 69.4 Å². The molecule has 112 valence electrons. The molecule has 0 amide bonds. The minimum absolute atomic E-state index is 0.0178. The molecular weight excluding hydrogens is 361 g/mol. The van der Waals surface area contributed by atoms with Gasteiger partial charge in [-0.1, -0.05) is 22.0 Å². The van der Waals surface area contributed by atoms with Gasteiger partial charge < -0.3 is 4.74 Å². The van der Waals surface area contributed by atoms with Gasteiger partial charge in [-0.25, -0.2) is 17.9 Å². The second-order valence-electron chi connectivity index (χ2n) is 4.52. The van der Waals surface area contributed by atoms with Crippen LogP contribution in [0, 0.1) is 12.7 Å². The third-order valence-electron chi connectivity index (χ3n) is 2.80. The van der Waals surface area contributed by atoms with Gasteiger partial charge in [-0.15, -0.1) is 0 Å². The number of primary sulfonamides is 1. The van der Waals surface area contributed by atoms with E-state index in [4.69, 9.17) is 9.88 Å². The van der Waals surface area contributed by atoms with Crippen LogP contribution < -0.4 is 9.88 Å². The predicted molar refractivity (Wildman–Crippen MR) is 81.0 cm³/mol. The number of hydrogen-bond donors (Lipinski definition) is 1. The van der Waals surface area contributed by atoms with E-state index < -0.39 is 15.8 Å². The minimum Gasteiger partial charge on any atom is -0.487 e. The van der Waals surface area contributed by atoms with E-state index in [-0.39, 0.29) is 17.3 Å². The van der Waals surface area contributed by atoms with Crippen molar-refractivity contribution >= 4 is 26.0 Å². The summed E-state index contributed by atoms with van der Waals surface area (Å²) in [6.07, 6.45) is 0. The summed E-state index contributed by atoms with van der Waals surface area (Å²) in [4.78, 5) is -0.0879. The minimum atomic E-state index is -3.89. The van der Waals surface area contributed by atoms with Crippen LogP contribution in [0.1, 0.15) is 11.1 Å². The summed E-state index contributed by atoms with van der Waals surface area (Å²) in [5, 5.41) is 5.17. The fourth-order valence-electron chi connectivity index (χ4n) is 1.77. The van der Waals surface area contributed by atoms with Gasteiger partial charge in [0, 0.05) is 10.0 Å². The van der Waals surface area contributed by atoms with E-state index in [1.54, 1.807) is 19.1 Å². The molecule has 7 heteroatoms. The summed E-state index contributed by atoms with van der Waals surface area (Å²) in [5.41, 5.74) is 1.31. The molecule has 0 bridgehead atoms. The molecule has 0 aliphatic heterocycles. The Morgan fingerprint density at radius 1 is 1.24 bits per heavy atom. The average Bonchev–Trinajstić information content (AvgIpc) is 2.40. The Balaban J connectivity index is 2.30. The predicted octanol–water partition coefficient (Wildman–Crippen LogP) is 3.12. The van der Waals surface area contributed by atoms with Gasteiger partial charge >= 0.3 is 0 Å². The second kappa shape index (κ2) is 6.13. The summed E-state index contributed by atoms with van der Waals surface area (Å²) in [6, 6.07) is 8.87. The van der Waals surface area contributed by atoms with Crippen molar-refractivity contribution in [3.05, 3.63) is 57.8 Å². The molecular formula is C14H13BrFNO3S. The third kappa shape index (κ3) is 4.03. The van der Waals surface area contributed by atoms with E-state index in [1.165, 1.54) is 24.3 Å². The Morgan fingerprint density at radius 2 is 1.95 bits per heavy atom. The lowest BCUT2D eigenvalue weighted by atomic mass is 10.2. The molecule has 0 saturated heterocycles. The highest BCUT2D eigenvalue weighted by atomic mass is 79.9. The molecule has 2 aromatic rings. The zero-order valence-electron chi connectivity index (χ0n) is 11.1. The van der Waals surface area contributed by atoms with E-state index in [2.05, 4.69) is 15.9 Å². The molecule has 4 nitrogen and oxygen atoms in total. The third-order valence-corrected chi connectivity index (χ3v) is 4.50. The monoisotopic (exact) mass is 373 g/mol. The second-order valence-corrected chi connectivity index (χ2v) is 6.90. The van der Waals surface area contributed by atoms with E-state index in [0.29, 0.717) is 10.0 Å². The van der Waals surface area contributed by atoms with Crippen molar-refractivity contribution in [3.8, 4) is 5.75 Å². The maximum absolute atomic E-state index is 13.2. The molecule has 2 rings (SSSR count). The maximum atomic E-state index is 13.2. The first-order valence-electron chi connectivity index (χ1n) is 5.97. The molecule has 2 N–H and O–H groups in total. The molecule has 0 fully saturated rings. The quantitative estimate of drug-likeness (QED) is 0.894. The standard InChI is InChI=1S/C14H13BrFNO3S/c1-9-2-5-13(14(6-9)21(17,18)19)20-8-10-7-11(16)3-4-12(10)15/h2-7H,8H2,1H3,(H2,17,18,19). The first kappa shape index (κ1) is 15.9. The van der Waals surface area contributed by atoms with Gasteiger partial charge in [0.25, 0.3) is 0 Å². The van der Waals surface area contributed by atoms with Crippen LogP contribution in [0.4, 0.5) is 4.39 Å². The Morgan fingerprint density at radius 3 is 2.62 bits per heavy atom. The van der Waals surface area contributed by atoms with Crippen molar-refractivity contribution in [2.75, 3.05) is 0 Å². The molecule has 0 aliphatic rings. The molecule has 0 atom stereocenters. The van der Waals surface area contributed by atoms with Gasteiger partial charge in [0.05, 0.1) is 0 Å². The molecule has 0 aliphatic carbocycles. The zero-order valence-corrected chi connectivity index (χ0v) is 13.5. The van der Waals surface area contributed by atoms with E-state index in [1.807, 2.05) is 0 Å². The first-order valence-corrected chi connectivity index (χ1v) is 8.31. The number of hydrogen-bond acceptors (Lipinski definition) is 3. The van der Waals surface area contributed by atoms with E-state index in [0.717, 1.165) is 5.56 Å². The molecule has 0 saturated carbocycles. The van der Waals surface area contributed by atoms with Crippen LogP contribution >= 0.6 is 15.9 Å². The average molecular weight is 374 g/mol. The number of benzene rings is 2. The van der Waals surface area contributed by atoms with Crippen LogP contribution in [0.5, 0.6) is 5.75 Å². The van der Waals surface area contributed by atoms with Gasteiger partial charge in [0.1, 0.15) is 23.1 Å². The highest BCUT2D eigenvalue weighted by molar-refractivity contribution is 9.10. The molecule has 0 radical (unpaired) electrons. The zero-order chi connectivity index (χ0) is 15.6. The number of ether oxygens (including phenoxy) is 1. The van der Waals surface area contributed by atoms with Crippen molar-refractivity contribution in [2.45, 2.75) is 18.4 Å². The molecule has 21 heavy (non-hydrogen) atoms. The molecule has 0 heterocycles. The van der Waals surface area contributed by atoms with Crippen LogP contribution in [-0.2, 0) is 16.6 Å². The number of aryl methyl sites for hydroxylation is 1.